The van der Waals surface area contributed by atoms with Crippen molar-refractivity contribution in [3.05, 3.63) is 63.6 Å². The number of hydrogen-bond donors (Lipinski definition) is 2. The monoisotopic (exact) mass is 336 g/mol. The lowest BCUT2D eigenvalue weighted by Crippen LogP contribution is -2.31. The Balaban J connectivity index is 1.74. The average molecular weight is 337 g/mol. The van der Waals surface area contributed by atoms with Crippen molar-refractivity contribution >= 4 is 34.8 Å². The molecule has 0 fully saturated rings. The van der Waals surface area contributed by atoms with Gasteiger partial charge >= 0.3 is 0 Å². The molecule has 0 unspecified atom stereocenters. The van der Waals surface area contributed by atoms with E-state index in [-0.39, 0.29) is 12.5 Å². The lowest BCUT2D eigenvalue weighted by atomic mass is 10.1. The Labute approximate surface area is 140 Å². The van der Waals surface area contributed by atoms with Crippen molar-refractivity contribution in [2.75, 3.05) is 18.4 Å². The Morgan fingerprint density at radius 3 is 2.59 bits per heavy atom. The van der Waals surface area contributed by atoms with E-state index < -0.39 is 0 Å². The van der Waals surface area contributed by atoms with Crippen LogP contribution in [0, 0.1) is 6.92 Å². The molecule has 0 bridgehead atoms. The number of hydrogen-bond acceptors (Lipinski definition) is 2. The van der Waals surface area contributed by atoms with Crippen molar-refractivity contribution < 1.29 is 4.79 Å². The number of benzene rings is 2. The lowest BCUT2D eigenvalue weighted by molar-refractivity contribution is -0.119. The van der Waals surface area contributed by atoms with Gasteiger partial charge in [0.15, 0.2) is 0 Å². The molecule has 0 aliphatic heterocycles. The van der Waals surface area contributed by atoms with E-state index in [2.05, 4.69) is 10.6 Å². The number of anilines is 1. The van der Waals surface area contributed by atoms with Crippen LogP contribution in [0.15, 0.2) is 42.5 Å². The largest absolute Gasteiger partial charge is 0.376 e. The first-order chi connectivity index (χ1) is 10.5. The van der Waals surface area contributed by atoms with Crippen LogP contribution in [-0.4, -0.2) is 19.0 Å². The first-order valence-electron chi connectivity index (χ1n) is 7.06. The Hall–Kier alpha value is -1.71. The zero-order chi connectivity index (χ0) is 15.9. The van der Waals surface area contributed by atoms with Crippen molar-refractivity contribution in [2.45, 2.75) is 13.3 Å². The topological polar surface area (TPSA) is 41.1 Å². The molecule has 0 saturated heterocycles. The summed E-state index contributed by atoms with van der Waals surface area (Å²) in [7, 11) is 0. The maximum absolute atomic E-state index is 11.8. The van der Waals surface area contributed by atoms with E-state index in [0.29, 0.717) is 16.6 Å². The van der Waals surface area contributed by atoms with Crippen LogP contribution in [0.2, 0.25) is 10.0 Å². The molecule has 0 saturated carbocycles. The second-order valence-corrected chi connectivity index (χ2v) is 5.92. The van der Waals surface area contributed by atoms with E-state index in [1.54, 1.807) is 6.07 Å². The van der Waals surface area contributed by atoms with Crippen molar-refractivity contribution in [1.29, 1.82) is 0 Å². The Bertz CT molecular complexity index is 659. The van der Waals surface area contributed by atoms with E-state index in [4.69, 9.17) is 23.2 Å². The fourth-order valence-electron chi connectivity index (χ4n) is 2.10. The third-order valence-corrected chi connectivity index (χ3v) is 3.72. The summed E-state index contributed by atoms with van der Waals surface area (Å²) in [5.41, 5.74) is 3.03. The highest BCUT2D eigenvalue weighted by Gasteiger charge is 2.03. The maximum atomic E-state index is 11.8. The molecule has 0 aliphatic carbocycles. The molecule has 0 aliphatic rings. The molecule has 2 aromatic rings. The van der Waals surface area contributed by atoms with Gasteiger partial charge in [0, 0.05) is 22.3 Å². The Morgan fingerprint density at radius 2 is 1.86 bits per heavy atom. The summed E-state index contributed by atoms with van der Waals surface area (Å²) in [5.74, 6) is -0.0450. The van der Waals surface area contributed by atoms with Crippen LogP contribution in [0.4, 0.5) is 5.69 Å². The molecular formula is C17H18Cl2N2O. The van der Waals surface area contributed by atoms with Gasteiger partial charge in [0.2, 0.25) is 5.91 Å². The van der Waals surface area contributed by atoms with Crippen molar-refractivity contribution in [3.8, 4) is 0 Å². The van der Waals surface area contributed by atoms with Gasteiger partial charge in [-0.05, 0) is 54.8 Å². The number of aryl methyl sites for hydroxylation is 1. The van der Waals surface area contributed by atoms with Crippen LogP contribution in [-0.2, 0) is 11.2 Å². The molecule has 2 aromatic carbocycles. The van der Waals surface area contributed by atoms with E-state index in [0.717, 1.165) is 23.2 Å². The molecule has 0 spiro atoms. The van der Waals surface area contributed by atoms with Crippen LogP contribution in [0.1, 0.15) is 11.1 Å². The molecular weight excluding hydrogens is 319 g/mol. The second-order valence-electron chi connectivity index (χ2n) is 5.04. The minimum absolute atomic E-state index is 0.0450. The highest BCUT2D eigenvalue weighted by Crippen LogP contribution is 2.19. The summed E-state index contributed by atoms with van der Waals surface area (Å²) >= 11 is 11.8. The molecule has 116 valence electrons. The number of nitrogens with one attached hydrogen (secondary N) is 2. The first-order valence-corrected chi connectivity index (χ1v) is 7.81. The SMILES string of the molecule is Cc1cc(Cl)ccc1NCC(=O)NCCc1cccc(Cl)c1. The summed E-state index contributed by atoms with van der Waals surface area (Å²) in [6.45, 7) is 2.77. The lowest BCUT2D eigenvalue weighted by Gasteiger charge is -2.10. The molecule has 0 atom stereocenters. The van der Waals surface area contributed by atoms with E-state index in [9.17, 15) is 4.79 Å². The summed E-state index contributed by atoms with van der Waals surface area (Å²) in [6.07, 6.45) is 0.756. The molecule has 0 heterocycles. The highest BCUT2D eigenvalue weighted by molar-refractivity contribution is 6.31. The average Bonchev–Trinajstić information content (AvgIpc) is 2.46. The minimum Gasteiger partial charge on any atom is -0.376 e. The standard InChI is InChI=1S/C17H18Cl2N2O/c1-12-9-15(19)5-6-16(12)21-11-17(22)20-8-7-13-3-2-4-14(18)10-13/h2-6,9-10,21H,7-8,11H2,1H3,(H,20,22). The Kier molecular flexibility index (Phi) is 6.10. The van der Waals surface area contributed by atoms with Crippen molar-refractivity contribution in [1.82, 2.24) is 5.32 Å². The fourth-order valence-corrected chi connectivity index (χ4v) is 2.54. The van der Waals surface area contributed by atoms with Gasteiger partial charge in [0.05, 0.1) is 6.54 Å². The summed E-state index contributed by atoms with van der Waals surface area (Å²) < 4.78 is 0. The zero-order valence-corrected chi connectivity index (χ0v) is 13.8. The maximum Gasteiger partial charge on any atom is 0.239 e. The Morgan fingerprint density at radius 1 is 1.09 bits per heavy atom. The van der Waals surface area contributed by atoms with Gasteiger partial charge in [-0.2, -0.15) is 0 Å². The number of rotatable bonds is 6. The predicted octanol–water partition coefficient (Wildman–Crippen LogP) is 4.07. The van der Waals surface area contributed by atoms with Gasteiger partial charge in [-0.15, -0.1) is 0 Å². The van der Waals surface area contributed by atoms with E-state index in [1.165, 1.54) is 0 Å². The van der Waals surface area contributed by atoms with Gasteiger partial charge < -0.3 is 10.6 Å². The molecule has 0 aromatic heterocycles. The summed E-state index contributed by atoms with van der Waals surface area (Å²) in [6, 6.07) is 13.2. The number of halogens is 2. The smallest absolute Gasteiger partial charge is 0.239 e. The van der Waals surface area contributed by atoms with Gasteiger partial charge in [0.1, 0.15) is 0 Å². The van der Waals surface area contributed by atoms with Gasteiger partial charge in [-0.1, -0.05) is 35.3 Å². The minimum atomic E-state index is -0.0450. The van der Waals surface area contributed by atoms with Crippen LogP contribution < -0.4 is 10.6 Å². The molecule has 2 N–H and O–H groups in total. The van der Waals surface area contributed by atoms with Crippen LogP contribution >= 0.6 is 23.2 Å². The molecule has 1 amide bonds. The molecule has 0 radical (unpaired) electrons. The molecule has 22 heavy (non-hydrogen) atoms. The number of carbonyl (C=O) groups excluding carboxylic acids is 1. The van der Waals surface area contributed by atoms with Crippen LogP contribution in [0.5, 0.6) is 0 Å². The quantitative estimate of drug-likeness (QED) is 0.834. The third-order valence-electron chi connectivity index (χ3n) is 3.25. The highest BCUT2D eigenvalue weighted by atomic mass is 35.5. The van der Waals surface area contributed by atoms with Gasteiger partial charge in [-0.3, -0.25) is 4.79 Å². The van der Waals surface area contributed by atoms with Gasteiger partial charge in [0.25, 0.3) is 0 Å². The zero-order valence-electron chi connectivity index (χ0n) is 12.3. The second kappa shape index (κ2) is 8.06. The first kappa shape index (κ1) is 16.7. The van der Waals surface area contributed by atoms with E-state index in [1.807, 2.05) is 43.3 Å². The van der Waals surface area contributed by atoms with Crippen molar-refractivity contribution in [3.63, 3.8) is 0 Å². The third kappa shape index (κ3) is 5.24. The van der Waals surface area contributed by atoms with Crippen molar-refractivity contribution in [2.24, 2.45) is 0 Å². The van der Waals surface area contributed by atoms with Gasteiger partial charge in [-0.25, -0.2) is 0 Å². The summed E-state index contributed by atoms with van der Waals surface area (Å²) in [5, 5.41) is 7.39. The number of carbonyl (C=O) groups is 1. The van der Waals surface area contributed by atoms with Crippen LogP contribution in [0.3, 0.4) is 0 Å². The molecule has 2 rings (SSSR count). The predicted molar refractivity (Wildman–Crippen MR) is 92.8 cm³/mol. The van der Waals surface area contributed by atoms with Crippen LogP contribution in [0.25, 0.3) is 0 Å². The fraction of sp³-hybridized carbons (Fsp3) is 0.235. The summed E-state index contributed by atoms with van der Waals surface area (Å²) in [4.78, 5) is 11.8. The normalized spacial score (nSPS) is 10.3. The van der Waals surface area contributed by atoms with E-state index >= 15 is 0 Å². The number of amides is 1. The molecule has 3 nitrogen and oxygen atoms in total. The molecule has 5 heteroatoms.